The lowest BCUT2D eigenvalue weighted by Crippen LogP contribution is -2.01. The normalized spacial score (nSPS) is 10.2. The zero-order chi connectivity index (χ0) is 15.9. The van der Waals surface area contributed by atoms with E-state index in [0.29, 0.717) is 6.54 Å². The molecule has 114 valence electrons. The van der Waals surface area contributed by atoms with Crippen molar-refractivity contribution in [3.8, 4) is 17.5 Å². The van der Waals surface area contributed by atoms with Crippen LogP contribution in [0.2, 0.25) is 0 Å². The van der Waals surface area contributed by atoms with Crippen LogP contribution in [0, 0.1) is 21.4 Å². The van der Waals surface area contributed by atoms with Crippen molar-refractivity contribution in [2.45, 2.75) is 26.2 Å². The number of unbranched alkanes of at least 4 members (excludes halogenated alkanes) is 2. The molecular formula is C15H16N4O3. The van der Waals surface area contributed by atoms with E-state index in [4.69, 9.17) is 9.68 Å². The molecule has 7 heteroatoms. The Morgan fingerprint density at radius 1 is 1.41 bits per heavy atom. The van der Waals surface area contributed by atoms with Gasteiger partial charge < -0.3 is 9.73 Å². The number of benzene rings is 1. The van der Waals surface area contributed by atoms with Crippen LogP contribution in [0.4, 0.5) is 11.6 Å². The van der Waals surface area contributed by atoms with Crippen LogP contribution in [0.1, 0.15) is 31.9 Å². The molecule has 0 unspecified atom stereocenters. The molecule has 2 rings (SSSR count). The van der Waals surface area contributed by atoms with Crippen molar-refractivity contribution >= 4 is 11.6 Å². The van der Waals surface area contributed by atoms with E-state index in [1.807, 2.05) is 6.07 Å². The average molecular weight is 300 g/mol. The molecule has 2 aromatic rings. The van der Waals surface area contributed by atoms with Gasteiger partial charge in [0.15, 0.2) is 0 Å². The smallest absolute Gasteiger partial charge is 0.282 e. The summed E-state index contributed by atoms with van der Waals surface area (Å²) in [7, 11) is 0. The van der Waals surface area contributed by atoms with E-state index in [1.54, 1.807) is 18.2 Å². The molecule has 0 spiro atoms. The van der Waals surface area contributed by atoms with Gasteiger partial charge in [-0.2, -0.15) is 10.2 Å². The summed E-state index contributed by atoms with van der Waals surface area (Å²) < 4.78 is 5.51. The molecule has 0 radical (unpaired) electrons. The highest BCUT2D eigenvalue weighted by Crippen LogP contribution is 2.31. The van der Waals surface area contributed by atoms with Crippen LogP contribution in [-0.2, 0) is 0 Å². The lowest BCUT2D eigenvalue weighted by atomic mass is 10.2. The van der Waals surface area contributed by atoms with E-state index in [-0.39, 0.29) is 28.7 Å². The highest BCUT2D eigenvalue weighted by molar-refractivity contribution is 5.68. The lowest BCUT2D eigenvalue weighted by Gasteiger charge is -2.01. The first-order valence-electron chi connectivity index (χ1n) is 7.06. The second-order valence-corrected chi connectivity index (χ2v) is 4.72. The quantitative estimate of drug-likeness (QED) is 0.474. The number of nitrogens with zero attached hydrogens (tertiary/aromatic N) is 3. The summed E-state index contributed by atoms with van der Waals surface area (Å²) in [6.07, 6.45) is 3.10. The van der Waals surface area contributed by atoms with Crippen molar-refractivity contribution in [3.05, 3.63) is 40.1 Å². The second kappa shape index (κ2) is 7.22. The number of anilines is 1. The maximum atomic E-state index is 11.1. The molecule has 1 heterocycles. The van der Waals surface area contributed by atoms with E-state index >= 15 is 0 Å². The Balaban J connectivity index is 2.28. The largest absolute Gasteiger partial charge is 0.419 e. The van der Waals surface area contributed by atoms with Crippen LogP contribution in [-0.4, -0.2) is 16.5 Å². The topological polar surface area (TPSA) is 105 Å². The Morgan fingerprint density at radius 2 is 2.18 bits per heavy atom. The molecule has 1 aromatic carbocycles. The maximum absolute atomic E-state index is 11.1. The number of para-hydroxylation sites is 1. The number of hydrogen-bond donors (Lipinski definition) is 1. The van der Waals surface area contributed by atoms with Crippen LogP contribution >= 0.6 is 0 Å². The summed E-state index contributed by atoms with van der Waals surface area (Å²) in [5.74, 6) is 0.327. The Hall–Kier alpha value is -2.88. The molecule has 1 N–H and O–H groups in total. The monoisotopic (exact) mass is 300 g/mol. The van der Waals surface area contributed by atoms with Gasteiger partial charge in [-0.25, -0.2) is 0 Å². The number of oxazole rings is 1. The fourth-order valence-corrected chi connectivity index (χ4v) is 2.02. The molecule has 0 bridgehead atoms. The first-order valence-corrected chi connectivity index (χ1v) is 7.06. The SMILES string of the molecule is CCCCCNc1oc(-c2ccccc2[N+](=O)[O-])nc1C#N. The number of nitro benzene ring substituents is 1. The molecule has 0 aliphatic carbocycles. The van der Waals surface area contributed by atoms with E-state index < -0.39 is 4.92 Å². The summed E-state index contributed by atoms with van der Waals surface area (Å²) in [5.41, 5.74) is 0.251. The van der Waals surface area contributed by atoms with Gasteiger partial charge in [-0.1, -0.05) is 31.9 Å². The van der Waals surface area contributed by atoms with E-state index in [0.717, 1.165) is 19.3 Å². The van der Waals surface area contributed by atoms with Gasteiger partial charge in [-0.15, -0.1) is 0 Å². The number of nitriles is 1. The number of nitro groups is 1. The van der Waals surface area contributed by atoms with Crippen molar-refractivity contribution in [3.63, 3.8) is 0 Å². The Kier molecular flexibility index (Phi) is 5.09. The van der Waals surface area contributed by atoms with Crippen LogP contribution in [0.3, 0.4) is 0 Å². The van der Waals surface area contributed by atoms with Gasteiger partial charge in [-0.05, 0) is 12.5 Å². The molecule has 0 saturated carbocycles. The molecule has 7 nitrogen and oxygen atoms in total. The van der Waals surface area contributed by atoms with Gasteiger partial charge in [-0.3, -0.25) is 10.1 Å². The zero-order valence-electron chi connectivity index (χ0n) is 12.2. The van der Waals surface area contributed by atoms with Gasteiger partial charge >= 0.3 is 0 Å². The lowest BCUT2D eigenvalue weighted by molar-refractivity contribution is -0.384. The predicted molar refractivity (Wildman–Crippen MR) is 81.3 cm³/mol. The maximum Gasteiger partial charge on any atom is 0.282 e. The minimum absolute atomic E-state index is 0.0711. The second-order valence-electron chi connectivity index (χ2n) is 4.72. The van der Waals surface area contributed by atoms with Crippen molar-refractivity contribution in [1.82, 2.24) is 4.98 Å². The standard InChI is InChI=1S/C15H16N4O3/c1-2-3-6-9-17-15-12(10-16)18-14(22-15)11-7-4-5-8-13(11)19(20)21/h4-5,7-8,17H,2-3,6,9H2,1H3. The summed E-state index contributed by atoms with van der Waals surface area (Å²) >= 11 is 0. The van der Waals surface area contributed by atoms with Crippen molar-refractivity contribution < 1.29 is 9.34 Å². The Bertz CT molecular complexity index is 703. The summed E-state index contributed by atoms with van der Waals surface area (Å²) in [4.78, 5) is 14.6. The highest BCUT2D eigenvalue weighted by Gasteiger charge is 2.21. The third-order valence-corrected chi connectivity index (χ3v) is 3.13. The van der Waals surface area contributed by atoms with Crippen LogP contribution in [0.25, 0.3) is 11.5 Å². The van der Waals surface area contributed by atoms with Gasteiger partial charge in [0.25, 0.3) is 5.69 Å². The van der Waals surface area contributed by atoms with Crippen LogP contribution < -0.4 is 5.32 Å². The Labute approximate surface area is 127 Å². The zero-order valence-corrected chi connectivity index (χ0v) is 12.2. The summed E-state index contributed by atoms with van der Waals surface area (Å²) in [5, 5.41) is 23.2. The number of hydrogen-bond acceptors (Lipinski definition) is 6. The molecule has 0 aliphatic rings. The fraction of sp³-hybridized carbons (Fsp3) is 0.333. The van der Waals surface area contributed by atoms with E-state index in [2.05, 4.69) is 17.2 Å². The molecule has 0 saturated heterocycles. The van der Waals surface area contributed by atoms with Gasteiger partial charge in [0, 0.05) is 12.6 Å². The van der Waals surface area contributed by atoms with Gasteiger partial charge in [0.05, 0.1) is 4.92 Å². The van der Waals surface area contributed by atoms with E-state index in [1.165, 1.54) is 6.07 Å². The first kappa shape index (κ1) is 15.5. The van der Waals surface area contributed by atoms with Crippen LogP contribution in [0.15, 0.2) is 28.7 Å². The average Bonchev–Trinajstić information content (AvgIpc) is 2.94. The van der Waals surface area contributed by atoms with Gasteiger partial charge in [0.2, 0.25) is 17.5 Å². The predicted octanol–water partition coefficient (Wildman–Crippen LogP) is 3.72. The summed E-state index contributed by atoms with van der Waals surface area (Å²) in [6, 6.07) is 8.09. The van der Waals surface area contributed by atoms with Gasteiger partial charge in [0.1, 0.15) is 11.6 Å². The number of nitrogens with one attached hydrogen (secondary N) is 1. The molecule has 1 aromatic heterocycles. The van der Waals surface area contributed by atoms with Crippen molar-refractivity contribution in [2.75, 3.05) is 11.9 Å². The molecular weight excluding hydrogens is 284 g/mol. The minimum Gasteiger partial charge on any atom is -0.419 e. The minimum atomic E-state index is -0.500. The molecule has 0 fully saturated rings. The third-order valence-electron chi connectivity index (χ3n) is 3.13. The van der Waals surface area contributed by atoms with E-state index in [9.17, 15) is 10.1 Å². The van der Waals surface area contributed by atoms with Crippen LogP contribution in [0.5, 0.6) is 0 Å². The highest BCUT2D eigenvalue weighted by atomic mass is 16.6. The Morgan fingerprint density at radius 3 is 2.86 bits per heavy atom. The number of rotatable bonds is 7. The van der Waals surface area contributed by atoms with Crippen molar-refractivity contribution in [2.24, 2.45) is 0 Å². The first-order chi connectivity index (χ1) is 10.7. The summed E-state index contributed by atoms with van der Waals surface area (Å²) in [6.45, 7) is 2.76. The molecule has 22 heavy (non-hydrogen) atoms. The molecule has 0 atom stereocenters. The third kappa shape index (κ3) is 3.41. The molecule has 0 aliphatic heterocycles. The fourth-order valence-electron chi connectivity index (χ4n) is 2.02. The van der Waals surface area contributed by atoms with Crippen molar-refractivity contribution in [1.29, 1.82) is 5.26 Å². The molecule has 0 amide bonds. The number of aromatic nitrogens is 1.